The number of benzene rings is 2. The van der Waals surface area contributed by atoms with E-state index in [0.717, 1.165) is 16.9 Å². The quantitative estimate of drug-likeness (QED) is 0.668. The Kier molecular flexibility index (Phi) is 4.89. The van der Waals surface area contributed by atoms with Crippen molar-refractivity contribution in [2.75, 3.05) is 7.11 Å². The molecule has 4 nitrogen and oxygen atoms in total. The van der Waals surface area contributed by atoms with Crippen molar-refractivity contribution in [1.82, 2.24) is 5.43 Å². The highest BCUT2D eigenvalue weighted by Crippen LogP contribution is 2.11. The van der Waals surface area contributed by atoms with Gasteiger partial charge in [-0.15, -0.1) is 0 Å². The monoisotopic (exact) mass is 268 g/mol. The van der Waals surface area contributed by atoms with Gasteiger partial charge in [0, 0.05) is 0 Å². The van der Waals surface area contributed by atoms with Crippen LogP contribution in [0.1, 0.15) is 11.1 Å². The lowest BCUT2D eigenvalue weighted by Crippen LogP contribution is -2.19. The summed E-state index contributed by atoms with van der Waals surface area (Å²) in [6.45, 7) is 0. The smallest absolute Gasteiger partial charge is 0.244 e. The summed E-state index contributed by atoms with van der Waals surface area (Å²) in [6.07, 6.45) is 1.90. The minimum Gasteiger partial charge on any atom is -0.497 e. The normalized spacial score (nSPS) is 10.4. The fraction of sp³-hybridized carbons (Fsp3) is 0.125. The number of carbonyl (C=O) groups is 1. The largest absolute Gasteiger partial charge is 0.497 e. The van der Waals surface area contributed by atoms with Crippen molar-refractivity contribution >= 4 is 12.1 Å². The van der Waals surface area contributed by atoms with Crippen molar-refractivity contribution < 1.29 is 9.53 Å². The Morgan fingerprint density at radius 3 is 2.50 bits per heavy atom. The van der Waals surface area contributed by atoms with Gasteiger partial charge in [0.1, 0.15) is 5.75 Å². The van der Waals surface area contributed by atoms with Crippen molar-refractivity contribution in [2.45, 2.75) is 6.42 Å². The van der Waals surface area contributed by atoms with Gasteiger partial charge in [-0.3, -0.25) is 4.79 Å². The highest BCUT2D eigenvalue weighted by Gasteiger charge is 2.02. The molecule has 4 heteroatoms. The first kappa shape index (κ1) is 13.8. The Morgan fingerprint density at radius 2 is 1.85 bits per heavy atom. The Hall–Kier alpha value is -2.62. The molecule has 2 aromatic carbocycles. The van der Waals surface area contributed by atoms with Crippen LogP contribution in [0.25, 0.3) is 0 Å². The van der Waals surface area contributed by atoms with Crippen molar-refractivity contribution in [3.8, 4) is 5.75 Å². The molecule has 0 aliphatic heterocycles. The first-order valence-corrected chi connectivity index (χ1v) is 6.28. The third-order valence-corrected chi connectivity index (χ3v) is 2.73. The highest BCUT2D eigenvalue weighted by atomic mass is 16.5. The minimum absolute atomic E-state index is 0.151. The average molecular weight is 268 g/mol. The summed E-state index contributed by atoms with van der Waals surface area (Å²) in [5.74, 6) is 0.624. The van der Waals surface area contributed by atoms with Gasteiger partial charge < -0.3 is 4.74 Å². The van der Waals surface area contributed by atoms with E-state index >= 15 is 0 Å². The molecular formula is C16H16N2O2. The second-order valence-electron chi connectivity index (χ2n) is 4.23. The van der Waals surface area contributed by atoms with Crippen LogP contribution in [0.2, 0.25) is 0 Å². The maximum atomic E-state index is 11.7. The van der Waals surface area contributed by atoms with E-state index in [9.17, 15) is 4.79 Å². The summed E-state index contributed by atoms with van der Waals surface area (Å²) in [4.78, 5) is 11.7. The zero-order valence-electron chi connectivity index (χ0n) is 11.2. The second kappa shape index (κ2) is 7.09. The third kappa shape index (κ3) is 4.24. The molecule has 0 saturated heterocycles. The predicted octanol–water partition coefficient (Wildman–Crippen LogP) is 2.39. The molecule has 0 aliphatic carbocycles. The summed E-state index contributed by atoms with van der Waals surface area (Å²) >= 11 is 0. The number of nitrogens with zero attached hydrogens (tertiary/aromatic N) is 1. The fourth-order valence-electron chi connectivity index (χ4n) is 1.69. The third-order valence-electron chi connectivity index (χ3n) is 2.73. The number of nitrogens with one attached hydrogen (secondary N) is 1. The van der Waals surface area contributed by atoms with E-state index in [-0.39, 0.29) is 12.3 Å². The molecule has 1 amide bonds. The fourth-order valence-corrected chi connectivity index (χ4v) is 1.69. The van der Waals surface area contributed by atoms with E-state index in [1.807, 2.05) is 54.6 Å². The van der Waals surface area contributed by atoms with Gasteiger partial charge in [0.15, 0.2) is 0 Å². The van der Waals surface area contributed by atoms with Crippen LogP contribution in [-0.4, -0.2) is 19.2 Å². The number of ether oxygens (including phenoxy) is 1. The first-order chi connectivity index (χ1) is 9.78. The maximum Gasteiger partial charge on any atom is 0.244 e. The van der Waals surface area contributed by atoms with E-state index < -0.39 is 0 Å². The number of hydrogen-bond acceptors (Lipinski definition) is 3. The lowest BCUT2D eigenvalue weighted by atomic mass is 10.1. The predicted molar refractivity (Wildman–Crippen MR) is 78.9 cm³/mol. The molecule has 2 aromatic rings. The van der Waals surface area contributed by atoms with Crippen LogP contribution in [0.3, 0.4) is 0 Å². The Bertz CT molecular complexity index is 577. The molecule has 2 rings (SSSR count). The van der Waals surface area contributed by atoms with E-state index in [4.69, 9.17) is 4.74 Å². The number of hydrazone groups is 1. The number of carbonyl (C=O) groups excluding carboxylic acids is 1. The van der Waals surface area contributed by atoms with Crippen LogP contribution in [-0.2, 0) is 11.2 Å². The van der Waals surface area contributed by atoms with Crippen molar-refractivity contribution in [3.05, 3.63) is 65.7 Å². The van der Waals surface area contributed by atoms with Gasteiger partial charge in [0.05, 0.1) is 19.7 Å². The molecule has 0 spiro atoms. The number of amides is 1. The van der Waals surface area contributed by atoms with Crippen LogP contribution in [0, 0.1) is 0 Å². The van der Waals surface area contributed by atoms with E-state index in [1.165, 1.54) is 0 Å². The molecule has 0 atom stereocenters. The molecule has 102 valence electrons. The van der Waals surface area contributed by atoms with Crippen LogP contribution in [0.5, 0.6) is 5.75 Å². The van der Waals surface area contributed by atoms with Crippen molar-refractivity contribution in [3.63, 3.8) is 0 Å². The van der Waals surface area contributed by atoms with Crippen LogP contribution >= 0.6 is 0 Å². The molecule has 0 unspecified atom stereocenters. The standard InChI is InChI=1S/C16H16N2O2/c1-20-15-9-7-13(8-10-15)11-16(19)18-17-12-14-5-3-2-4-6-14/h2-10,12H,11H2,1H3,(H,18,19). The number of rotatable bonds is 5. The summed E-state index contributed by atoms with van der Waals surface area (Å²) in [7, 11) is 1.61. The van der Waals surface area contributed by atoms with E-state index in [1.54, 1.807) is 13.3 Å². The van der Waals surface area contributed by atoms with E-state index in [0.29, 0.717) is 0 Å². The lowest BCUT2D eigenvalue weighted by Gasteiger charge is -2.02. The zero-order chi connectivity index (χ0) is 14.2. The SMILES string of the molecule is COc1ccc(CC(=O)NN=Cc2ccccc2)cc1. The Morgan fingerprint density at radius 1 is 1.15 bits per heavy atom. The lowest BCUT2D eigenvalue weighted by molar-refractivity contribution is -0.120. The Labute approximate surface area is 118 Å². The minimum atomic E-state index is -0.151. The topological polar surface area (TPSA) is 50.7 Å². The summed E-state index contributed by atoms with van der Waals surface area (Å²) in [6, 6.07) is 17.0. The summed E-state index contributed by atoms with van der Waals surface area (Å²) in [5, 5.41) is 3.92. The van der Waals surface area contributed by atoms with Gasteiger partial charge >= 0.3 is 0 Å². The van der Waals surface area contributed by atoms with Crippen LogP contribution < -0.4 is 10.2 Å². The summed E-state index contributed by atoms with van der Waals surface area (Å²) in [5.41, 5.74) is 4.36. The van der Waals surface area contributed by atoms with Gasteiger partial charge in [-0.1, -0.05) is 42.5 Å². The molecule has 0 fully saturated rings. The van der Waals surface area contributed by atoms with Crippen molar-refractivity contribution in [1.29, 1.82) is 0 Å². The average Bonchev–Trinajstić information content (AvgIpc) is 2.49. The second-order valence-corrected chi connectivity index (χ2v) is 4.23. The molecule has 0 heterocycles. The molecule has 20 heavy (non-hydrogen) atoms. The number of methoxy groups -OCH3 is 1. The molecule has 0 aliphatic rings. The van der Waals surface area contributed by atoms with Gasteiger partial charge in [-0.25, -0.2) is 5.43 Å². The van der Waals surface area contributed by atoms with Crippen LogP contribution in [0.15, 0.2) is 59.7 Å². The van der Waals surface area contributed by atoms with Gasteiger partial charge in [0.2, 0.25) is 5.91 Å². The van der Waals surface area contributed by atoms with Gasteiger partial charge in [0.25, 0.3) is 0 Å². The molecule has 0 bridgehead atoms. The van der Waals surface area contributed by atoms with Gasteiger partial charge in [-0.2, -0.15) is 5.10 Å². The molecule has 0 radical (unpaired) electrons. The molecule has 1 N–H and O–H groups in total. The van der Waals surface area contributed by atoms with E-state index in [2.05, 4.69) is 10.5 Å². The Balaban J connectivity index is 1.84. The highest BCUT2D eigenvalue weighted by molar-refractivity contribution is 5.83. The summed E-state index contributed by atoms with van der Waals surface area (Å²) < 4.78 is 5.06. The molecular weight excluding hydrogens is 252 g/mol. The van der Waals surface area contributed by atoms with Crippen molar-refractivity contribution in [2.24, 2.45) is 5.10 Å². The first-order valence-electron chi connectivity index (χ1n) is 6.28. The number of hydrogen-bond donors (Lipinski definition) is 1. The molecule has 0 saturated carbocycles. The van der Waals surface area contributed by atoms with Gasteiger partial charge in [-0.05, 0) is 23.3 Å². The van der Waals surface area contributed by atoms with Crippen LogP contribution in [0.4, 0.5) is 0 Å². The molecule has 0 aromatic heterocycles. The maximum absolute atomic E-state index is 11.7. The zero-order valence-corrected chi connectivity index (χ0v) is 11.2.